The van der Waals surface area contributed by atoms with Gasteiger partial charge in [0.1, 0.15) is 11.6 Å². The van der Waals surface area contributed by atoms with Crippen LogP contribution in [0.2, 0.25) is 0 Å². The van der Waals surface area contributed by atoms with Gasteiger partial charge < -0.3 is 19.0 Å². The topological polar surface area (TPSA) is 71.7 Å². The lowest BCUT2D eigenvalue weighted by Crippen LogP contribution is -2.31. The molecular weight excluding hydrogens is 404 g/mol. The van der Waals surface area contributed by atoms with E-state index in [-0.39, 0.29) is 23.9 Å². The van der Waals surface area contributed by atoms with Gasteiger partial charge in [-0.2, -0.15) is 0 Å². The highest BCUT2D eigenvalue weighted by Gasteiger charge is 2.27. The Labute approximate surface area is 182 Å². The fourth-order valence-electron chi connectivity index (χ4n) is 3.94. The van der Waals surface area contributed by atoms with Gasteiger partial charge in [-0.15, -0.1) is 12.4 Å². The maximum atomic E-state index is 12.8. The van der Waals surface area contributed by atoms with E-state index in [1.165, 1.54) is 0 Å². The molecule has 7 nitrogen and oxygen atoms in total. The van der Waals surface area contributed by atoms with E-state index in [0.717, 1.165) is 36.5 Å². The average molecular weight is 431 g/mol. The molecule has 0 N–H and O–H groups in total. The molecule has 8 heteroatoms. The second-order valence-electron chi connectivity index (χ2n) is 7.57. The number of pyridine rings is 1. The fraction of sp³-hybridized carbons (Fsp3) is 0.409. The van der Waals surface area contributed by atoms with Gasteiger partial charge in [0.15, 0.2) is 0 Å². The number of ether oxygens (including phenoxy) is 1. The van der Waals surface area contributed by atoms with E-state index in [1.807, 2.05) is 25.1 Å². The van der Waals surface area contributed by atoms with Crippen molar-refractivity contribution in [2.45, 2.75) is 25.8 Å². The molecule has 0 aliphatic carbocycles. The molecule has 0 radical (unpaired) electrons. The van der Waals surface area contributed by atoms with Crippen LogP contribution in [0.1, 0.15) is 18.9 Å². The maximum Gasteiger partial charge on any atom is 0.347 e. The zero-order valence-corrected chi connectivity index (χ0v) is 18.5. The summed E-state index contributed by atoms with van der Waals surface area (Å²) in [5.74, 6) is 1.76. The van der Waals surface area contributed by atoms with Crippen molar-refractivity contribution in [3.8, 4) is 17.2 Å². The highest BCUT2D eigenvalue weighted by atomic mass is 35.5. The van der Waals surface area contributed by atoms with E-state index in [0.29, 0.717) is 29.1 Å². The lowest BCUT2D eigenvalue weighted by molar-refractivity contribution is 0.315. The van der Waals surface area contributed by atoms with Gasteiger partial charge in [0.25, 0.3) is 0 Å². The number of nitrogens with zero attached hydrogens (tertiary/aromatic N) is 4. The van der Waals surface area contributed by atoms with Gasteiger partial charge in [0.05, 0.1) is 23.6 Å². The molecule has 2 aromatic heterocycles. The molecule has 0 unspecified atom stereocenters. The standard InChI is InChI=1S/C22H26N4O3.ClH/c1-5-14-11-16(28-4)12-18-19(14)22(27)29-21(24-18)17-7-6-9-23-20(17)26-10-8-15(13-26)25(2)3;/h6-7,9,11-12,15H,5,8,10,13H2,1-4H3;1H/t15-;/m0./s1. The molecule has 1 aliphatic heterocycles. The second kappa shape index (κ2) is 9.02. The first kappa shape index (κ1) is 22.1. The highest BCUT2D eigenvalue weighted by molar-refractivity contribution is 5.85. The van der Waals surface area contributed by atoms with E-state index in [1.54, 1.807) is 19.4 Å². The van der Waals surface area contributed by atoms with Crippen molar-refractivity contribution in [1.29, 1.82) is 0 Å². The monoisotopic (exact) mass is 430 g/mol. The van der Waals surface area contributed by atoms with Gasteiger partial charge in [-0.1, -0.05) is 6.92 Å². The Hall–Kier alpha value is -2.64. The molecule has 3 aromatic rings. The molecule has 1 aromatic carbocycles. The summed E-state index contributed by atoms with van der Waals surface area (Å²) < 4.78 is 11.1. The maximum absolute atomic E-state index is 12.8. The van der Waals surface area contributed by atoms with E-state index in [4.69, 9.17) is 9.15 Å². The number of hydrogen-bond donors (Lipinski definition) is 0. The van der Waals surface area contributed by atoms with Crippen molar-refractivity contribution >= 4 is 29.1 Å². The number of fused-ring (bicyclic) bond motifs is 1. The summed E-state index contributed by atoms with van der Waals surface area (Å²) in [6.45, 7) is 3.77. The van der Waals surface area contributed by atoms with Crippen LogP contribution in [0.25, 0.3) is 22.4 Å². The molecule has 160 valence electrons. The molecule has 0 bridgehead atoms. The summed E-state index contributed by atoms with van der Waals surface area (Å²) in [4.78, 5) is 26.6. The van der Waals surface area contributed by atoms with Gasteiger partial charge in [-0.3, -0.25) is 0 Å². The van der Waals surface area contributed by atoms with E-state index < -0.39 is 0 Å². The molecule has 1 aliphatic rings. The number of benzene rings is 1. The lowest BCUT2D eigenvalue weighted by atomic mass is 10.1. The lowest BCUT2D eigenvalue weighted by Gasteiger charge is -2.22. The van der Waals surface area contributed by atoms with E-state index in [9.17, 15) is 4.79 Å². The van der Waals surface area contributed by atoms with Crippen molar-refractivity contribution in [2.75, 3.05) is 39.2 Å². The summed E-state index contributed by atoms with van der Waals surface area (Å²) in [6, 6.07) is 7.86. The number of aromatic nitrogens is 2. The Kier molecular flexibility index (Phi) is 6.63. The number of likely N-dealkylation sites (N-methyl/N-ethyl adjacent to an activating group) is 1. The summed E-state index contributed by atoms with van der Waals surface area (Å²) in [5.41, 5.74) is 1.79. The van der Waals surface area contributed by atoms with Crippen LogP contribution in [0.15, 0.2) is 39.7 Å². The molecule has 3 heterocycles. The van der Waals surface area contributed by atoms with Crippen LogP contribution in [-0.2, 0) is 6.42 Å². The molecule has 1 saturated heterocycles. The van der Waals surface area contributed by atoms with Gasteiger partial charge in [-0.05, 0) is 50.7 Å². The summed E-state index contributed by atoms with van der Waals surface area (Å²) in [5, 5.41) is 0.510. The molecule has 1 fully saturated rings. The average Bonchev–Trinajstić information content (AvgIpc) is 3.23. The number of rotatable bonds is 5. The van der Waals surface area contributed by atoms with Gasteiger partial charge in [0.2, 0.25) is 5.89 Å². The summed E-state index contributed by atoms with van der Waals surface area (Å²) in [6.07, 6.45) is 3.52. The number of anilines is 1. The van der Waals surface area contributed by atoms with Crippen molar-refractivity contribution in [3.05, 3.63) is 46.4 Å². The molecule has 0 amide bonds. The number of halogens is 1. The van der Waals surface area contributed by atoms with E-state index >= 15 is 0 Å². The van der Waals surface area contributed by atoms with Gasteiger partial charge in [0, 0.05) is 31.4 Å². The predicted octanol–water partition coefficient (Wildman–Crippen LogP) is 3.38. The Morgan fingerprint density at radius 1 is 1.33 bits per heavy atom. The number of methoxy groups -OCH3 is 1. The van der Waals surface area contributed by atoms with Crippen LogP contribution in [0.3, 0.4) is 0 Å². The number of hydrogen-bond acceptors (Lipinski definition) is 7. The smallest absolute Gasteiger partial charge is 0.347 e. The van der Waals surface area contributed by atoms with Crippen LogP contribution in [0.4, 0.5) is 5.82 Å². The van der Waals surface area contributed by atoms with Crippen LogP contribution in [0, 0.1) is 0 Å². The molecule has 0 saturated carbocycles. The molecular formula is C22H27ClN4O3. The Balaban J connectivity index is 0.00000256. The third kappa shape index (κ3) is 4.00. The molecule has 1 atom stereocenters. The van der Waals surface area contributed by atoms with Crippen molar-refractivity contribution < 1.29 is 9.15 Å². The van der Waals surface area contributed by atoms with Gasteiger partial charge in [-0.25, -0.2) is 14.8 Å². The van der Waals surface area contributed by atoms with E-state index in [2.05, 4.69) is 33.9 Å². The van der Waals surface area contributed by atoms with Crippen LogP contribution in [0.5, 0.6) is 5.75 Å². The number of aryl methyl sites for hydroxylation is 1. The Morgan fingerprint density at radius 2 is 2.13 bits per heavy atom. The third-order valence-electron chi connectivity index (χ3n) is 5.62. The van der Waals surface area contributed by atoms with Crippen molar-refractivity contribution in [1.82, 2.24) is 14.9 Å². The first-order valence-electron chi connectivity index (χ1n) is 9.90. The van der Waals surface area contributed by atoms with Crippen LogP contribution in [-0.4, -0.2) is 55.2 Å². The molecule has 4 rings (SSSR count). The normalized spacial score (nSPS) is 16.2. The third-order valence-corrected chi connectivity index (χ3v) is 5.62. The zero-order chi connectivity index (χ0) is 20.5. The largest absolute Gasteiger partial charge is 0.497 e. The first-order chi connectivity index (χ1) is 14.0. The SMILES string of the molecule is CCc1cc(OC)cc2nc(-c3cccnc3N3CC[C@H](N(C)C)C3)oc(=O)c12.Cl. The Morgan fingerprint density at radius 3 is 2.80 bits per heavy atom. The van der Waals surface area contributed by atoms with Crippen molar-refractivity contribution in [3.63, 3.8) is 0 Å². The highest BCUT2D eigenvalue weighted by Crippen LogP contribution is 2.31. The minimum absolute atomic E-state index is 0. The van der Waals surface area contributed by atoms with Crippen LogP contribution < -0.4 is 15.3 Å². The quantitative estimate of drug-likeness (QED) is 0.614. The summed E-state index contributed by atoms with van der Waals surface area (Å²) >= 11 is 0. The first-order valence-corrected chi connectivity index (χ1v) is 9.90. The van der Waals surface area contributed by atoms with Gasteiger partial charge >= 0.3 is 5.63 Å². The molecule has 0 spiro atoms. The van der Waals surface area contributed by atoms with Crippen molar-refractivity contribution in [2.24, 2.45) is 0 Å². The zero-order valence-electron chi connectivity index (χ0n) is 17.7. The predicted molar refractivity (Wildman–Crippen MR) is 121 cm³/mol. The minimum atomic E-state index is -0.383. The second-order valence-corrected chi connectivity index (χ2v) is 7.57. The van der Waals surface area contributed by atoms with Crippen LogP contribution >= 0.6 is 12.4 Å². The summed E-state index contributed by atoms with van der Waals surface area (Å²) in [7, 11) is 5.80. The Bertz CT molecular complexity index is 1100. The molecule has 30 heavy (non-hydrogen) atoms. The minimum Gasteiger partial charge on any atom is -0.497 e. The fourth-order valence-corrected chi connectivity index (χ4v) is 3.94.